The van der Waals surface area contributed by atoms with Gasteiger partial charge < -0.3 is 14.0 Å². The van der Waals surface area contributed by atoms with Crippen molar-refractivity contribution in [2.45, 2.75) is 6.61 Å². The fourth-order valence-electron chi connectivity index (χ4n) is 1.21. The predicted octanol–water partition coefficient (Wildman–Crippen LogP) is 2.30. The number of carbonyl (C=O) groups excluding carboxylic acids is 1. The lowest BCUT2D eigenvalue weighted by Gasteiger charge is -2.03. The molecule has 0 aliphatic rings. The van der Waals surface area contributed by atoms with Crippen molar-refractivity contribution in [1.82, 2.24) is 5.16 Å². The number of benzene rings is 1. The highest BCUT2D eigenvalue weighted by atomic mass is 16.7. The van der Waals surface area contributed by atoms with E-state index in [4.69, 9.17) is 14.0 Å². The van der Waals surface area contributed by atoms with Crippen molar-refractivity contribution in [2.75, 3.05) is 0 Å². The van der Waals surface area contributed by atoms with E-state index >= 15 is 0 Å². The summed E-state index contributed by atoms with van der Waals surface area (Å²) in [6.45, 7) is -0.105. The molecule has 98 valence electrons. The first-order valence-corrected chi connectivity index (χ1v) is 5.14. The molecule has 0 atom stereocenters. The van der Waals surface area contributed by atoms with Crippen LogP contribution in [0.1, 0.15) is 5.76 Å². The van der Waals surface area contributed by atoms with Crippen LogP contribution in [0.5, 0.6) is 5.75 Å². The molecule has 0 saturated carbocycles. The van der Waals surface area contributed by atoms with Gasteiger partial charge in [0.05, 0.1) is 11.1 Å². The number of hydrogen-bond acceptors (Lipinski definition) is 7. The van der Waals surface area contributed by atoms with E-state index in [9.17, 15) is 14.9 Å². The van der Waals surface area contributed by atoms with Gasteiger partial charge in [0.25, 0.3) is 5.69 Å². The van der Waals surface area contributed by atoms with Gasteiger partial charge in [0.15, 0.2) is 12.4 Å². The van der Waals surface area contributed by atoms with Crippen molar-refractivity contribution in [3.05, 3.63) is 52.4 Å². The van der Waals surface area contributed by atoms with Gasteiger partial charge in [-0.2, -0.15) is 0 Å². The quantitative estimate of drug-likeness (QED) is 0.361. The van der Waals surface area contributed by atoms with Gasteiger partial charge in [-0.05, 0) is 12.1 Å². The SMILES string of the molecule is O=C(OCc1ccno1)Oc1ccc([N+](=O)[O-])cc1. The molecule has 0 spiro atoms. The topological polar surface area (TPSA) is 105 Å². The zero-order valence-electron chi connectivity index (χ0n) is 9.52. The summed E-state index contributed by atoms with van der Waals surface area (Å²) in [5, 5.41) is 13.9. The Balaban J connectivity index is 1.86. The second kappa shape index (κ2) is 5.63. The molecule has 0 aliphatic carbocycles. The number of carbonyl (C=O) groups is 1. The molecule has 0 N–H and O–H groups in total. The van der Waals surface area contributed by atoms with Crippen LogP contribution >= 0.6 is 0 Å². The third kappa shape index (κ3) is 3.53. The number of nitro benzene ring substituents is 1. The lowest BCUT2D eigenvalue weighted by Crippen LogP contribution is -2.10. The summed E-state index contributed by atoms with van der Waals surface area (Å²) in [5.74, 6) is 0.522. The van der Waals surface area contributed by atoms with Crippen LogP contribution in [0.2, 0.25) is 0 Å². The van der Waals surface area contributed by atoms with Gasteiger partial charge in [-0.15, -0.1) is 0 Å². The molecule has 0 fully saturated rings. The van der Waals surface area contributed by atoms with Crippen LogP contribution in [-0.4, -0.2) is 16.2 Å². The zero-order valence-corrected chi connectivity index (χ0v) is 9.52. The monoisotopic (exact) mass is 264 g/mol. The van der Waals surface area contributed by atoms with Gasteiger partial charge in [0.1, 0.15) is 5.75 Å². The Morgan fingerprint density at radius 1 is 1.32 bits per heavy atom. The van der Waals surface area contributed by atoms with Gasteiger partial charge in [-0.1, -0.05) is 5.16 Å². The minimum atomic E-state index is -0.940. The minimum Gasteiger partial charge on any atom is -0.426 e. The van der Waals surface area contributed by atoms with Crippen LogP contribution in [-0.2, 0) is 11.3 Å². The first-order valence-electron chi connectivity index (χ1n) is 5.14. The highest BCUT2D eigenvalue weighted by molar-refractivity contribution is 5.63. The Bertz CT molecular complexity index is 563. The molecule has 8 heteroatoms. The van der Waals surface area contributed by atoms with Gasteiger partial charge in [0, 0.05) is 18.2 Å². The molecule has 0 aliphatic heterocycles. The van der Waals surface area contributed by atoms with Gasteiger partial charge >= 0.3 is 6.16 Å². The van der Waals surface area contributed by atoms with E-state index < -0.39 is 11.1 Å². The molecule has 1 heterocycles. The summed E-state index contributed by atoms with van der Waals surface area (Å²) in [6, 6.07) is 6.58. The normalized spacial score (nSPS) is 9.89. The molecule has 1 aromatic carbocycles. The Morgan fingerprint density at radius 3 is 2.63 bits per heavy atom. The maximum atomic E-state index is 11.3. The molecule has 0 radical (unpaired) electrons. The van der Waals surface area contributed by atoms with Crippen molar-refractivity contribution < 1.29 is 23.7 Å². The number of nitro groups is 1. The van der Waals surface area contributed by atoms with E-state index in [1.165, 1.54) is 30.5 Å². The highest BCUT2D eigenvalue weighted by Crippen LogP contribution is 2.17. The molecule has 1 aromatic heterocycles. The fraction of sp³-hybridized carbons (Fsp3) is 0.0909. The molecule has 0 amide bonds. The van der Waals surface area contributed by atoms with Crippen LogP contribution in [0.15, 0.2) is 41.1 Å². The number of aromatic nitrogens is 1. The average Bonchev–Trinajstić information content (AvgIpc) is 2.90. The Hall–Kier alpha value is -2.90. The first kappa shape index (κ1) is 12.6. The van der Waals surface area contributed by atoms with Crippen molar-refractivity contribution in [2.24, 2.45) is 0 Å². The van der Waals surface area contributed by atoms with E-state index in [2.05, 4.69) is 5.16 Å². The molecule has 19 heavy (non-hydrogen) atoms. The zero-order chi connectivity index (χ0) is 13.7. The van der Waals surface area contributed by atoms with Crippen LogP contribution in [0, 0.1) is 10.1 Å². The van der Waals surface area contributed by atoms with Crippen LogP contribution in [0.4, 0.5) is 10.5 Å². The molecule has 2 rings (SSSR count). The second-order valence-corrected chi connectivity index (χ2v) is 3.37. The number of non-ortho nitro benzene ring substituents is 1. The lowest BCUT2D eigenvalue weighted by molar-refractivity contribution is -0.384. The average molecular weight is 264 g/mol. The van der Waals surface area contributed by atoms with Crippen molar-refractivity contribution in [1.29, 1.82) is 0 Å². The largest absolute Gasteiger partial charge is 0.514 e. The molecule has 0 bridgehead atoms. The first-order chi connectivity index (χ1) is 9.15. The lowest BCUT2D eigenvalue weighted by atomic mass is 10.3. The Kier molecular flexibility index (Phi) is 3.72. The van der Waals surface area contributed by atoms with Crippen molar-refractivity contribution in [3.8, 4) is 5.75 Å². The molecular formula is C11H8N2O6. The minimum absolute atomic E-state index is 0.0950. The van der Waals surface area contributed by atoms with Gasteiger partial charge in [0.2, 0.25) is 0 Å². The van der Waals surface area contributed by atoms with Crippen LogP contribution in [0.3, 0.4) is 0 Å². The van der Waals surface area contributed by atoms with E-state index in [-0.39, 0.29) is 18.0 Å². The van der Waals surface area contributed by atoms with E-state index in [1.54, 1.807) is 6.07 Å². The molecular weight excluding hydrogens is 256 g/mol. The van der Waals surface area contributed by atoms with Crippen molar-refractivity contribution in [3.63, 3.8) is 0 Å². The highest BCUT2D eigenvalue weighted by Gasteiger charge is 2.10. The summed E-state index contributed by atoms with van der Waals surface area (Å²) < 4.78 is 14.3. The van der Waals surface area contributed by atoms with E-state index in [1.807, 2.05) is 0 Å². The summed E-state index contributed by atoms with van der Waals surface area (Å²) in [4.78, 5) is 21.2. The summed E-state index contributed by atoms with van der Waals surface area (Å²) >= 11 is 0. The number of ether oxygens (including phenoxy) is 2. The summed E-state index contributed by atoms with van der Waals surface area (Å²) in [7, 11) is 0. The summed E-state index contributed by atoms with van der Waals surface area (Å²) in [5.41, 5.74) is -0.0950. The third-order valence-electron chi connectivity index (χ3n) is 2.07. The third-order valence-corrected chi connectivity index (χ3v) is 2.07. The van der Waals surface area contributed by atoms with E-state index in [0.29, 0.717) is 5.76 Å². The Labute approximate surface area is 106 Å². The number of hydrogen-bond donors (Lipinski definition) is 0. The fourth-order valence-corrected chi connectivity index (χ4v) is 1.21. The molecule has 0 unspecified atom stereocenters. The standard InChI is InChI=1S/C11H8N2O6/c14-11(17-7-10-5-6-12-19-10)18-9-3-1-8(2-4-9)13(15)16/h1-6H,7H2. The Morgan fingerprint density at radius 2 is 2.05 bits per heavy atom. The van der Waals surface area contributed by atoms with Gasteiger partial charge in [-0.3, -0.25) is 10.1 Å². The molecule has 0 saturated heterocycles. The second-order valence-electron chi connectivity index (χ2n) is 3.37. The predicted molar refractivity (Wildman–Crippen MR) is 60.4 cm³/mol. The van der Waals surface area contributed by atoms with Crippen LogP contribution in [0.25, 0.3) is 0 Å². The smallest absolute Gasteiger partial charge is 0.426 e. The number of rotatable bonds is 4. The number of nitrogens with zero attached hydrogens (tertiary/aromatic N) is 2. The van der Waals surface area contributed by atoms with Crippen molar-refractivity contribution >= 4 is 11.8 Å². The maximum absolute atomic E-state index is 11.3. The molecule has 2 aromatic rings. The van der Waals surface area contributed by atoms with E-state index in [0.717, 1.165) is 0 Å². The maximum Gasteiger partial charge on any atom is 0.514 e. The van der Waals surface area contributed by atoms with Gasteiger partial charge in [-0.25, -0.2) is 4.79 Å². The molecule has 8 nitrogen and oxygen atoms in total. The van der Waals surface area contributed by atoms with Crippen LogP contribution < -0.4 is 4.74 Å². The summed E-state index contributed by atoms with van der Waals surface area (Å²) in [6.07, 6.45) is 0.477.